The summed E-state index contributed by atoms with van der Waals surface area (Å²) in [5.41, 5.74) is 3.40. The Morgan fingerprint density at radius 1 is 1.00 bits per heavy atom. The molecule has 0 aliphatic rings. The van der Waals surface area contributed by atoms with Gasteiger partial charge in [-0.2, -0.15) is 0 Å². The number of anilines is 2. The number of carbonyl (C=O) groups is 1. The molecule has 0 bridgehead atoms. The molecule has 0 unspecified atom stereocenters. The van der Waals surface area contributed by atoms with Gasteiger partial charge in [-0.3, -0.25) is 14.2 Å². The Hall–Kier alpha value is -4.77. The molecular weight excluding hydrogens is 518 g/mol. The topological polar surface area (TPSA) is 136 Å². The molecule has 0 aliphatic carbocycles. The highest BCUT2D eigenvalue weighted by Gasteiger charge is 2.20. The fourth-order valence-corrected chi connectivity index (χ4v) is 5.05. The van der Waals surface area contributed by atoms with Gasteiger partial charge in [0.25, 0.3) is 21.5 Å². The number of aryl methyl sites for hydroxylation is 2. The Balaban J connectivity index is 1.41. The van der Waals surface area contributed by atoms with Crippen LogP contribution in [0, 0.1) is 20.8 Å². The molecular formula is C28H25N5O5S. The number of sulfonamides is 1. The molecule has 0 aliphatic heterocycles. The van der Waals surface area contributed by atoms with Crippen LogP contribution in [-0.4, -0.2) is 29.0 Å². The van der Waals surface area contributed by atoms with E-state index in [0.717, 1.165) is 11.1 Å². The van der Waals surface area contributed by atoms with Crippen molar-refractivity contribution in [3.05, 3.63) is 111 Å². The van der Waals surface area contributed by atoms with Crippen LogP contribution in [-0.2, 0) is 16.6 Å². The second-order valence-electron chi connectivity index (χ2n) is 9.16. The largest absolute Gasteiger partial charge is 0.337 e. The second kappa shape index (κ2) is 10.2. The van der Waals surface area contributed by atoms with Gasteiger partial charge in [-0.05, 0) is 68.8 Å². The molecule has 10 nitrogen and oxygen atoms in total. The van der Waals surface area contributed by atoms with E-state index < -0.39 is 21.5 Å². The van der Waals surface area contributed by atoms with Crippen molar-refractivity contribution in [1.29, 1.82) is 0 Å². The van der Waals surface area contributed by atoms with Gasteiger partial charge < -0.3 is 9.84 Å². The van der Waals surface area contributed by atoms with Crippen molar-refractivity contribution in [2.75, 3.05) is 10.0 Å². The Kier molecular flexibility index (Phi) is 6.75. The SMILES string of the molecule is Cc1ccc(Cn2c(=O)c(C(=O)Nc3ccc(S(=O)(=O)Nc4onc(C)c4C)cc3)cc3cccnc32)cc1. The summed E-state index contributed by atoms with van der Waals surface area (Å²) in [7, 11) is -3.95. The molecule has 1 amide bonds. The molecule has 3 aromatic heterocycles. The summed E-state index contributed by atoms with van der Waals surface area (Å²) in [5.74, 6) is -0.581. The number of benzene rings is 2. The van der Waals surface area contributed by atoms with Crippen molar-refractivity contribution in [3.8, 4) is 0 Å². The van der Waals surface area contributed by atoms with Gasteiger partial charge in [-0.1, -0.05) is 35.0 Å². The lowest BCUT2D eigenvalue weighted by molar-refractivity contribution is 0.102. The summed E-state index contributed by atoms with van der Waals surface area (Å²) in [5, 5.41) is 7.07. The average Bonchev–Trinajstić information content (AvgIpc) is 3.23. The number of carbonyl (C=O) groups excluding carboxylic acids is 1. The van der Waals surface area contributed by atoms with Crippen molar-refractivity contribution in [2.45, 2.75) is 32.2 Å². The normalized spacial score (nSPS) is 11.5. The Bertz CT molecular complexity index is 1860. The minimum atomic E-state index is -3.95. The summed E-state index contributed by atoms with van der Waals surface area (Å²) >= 11 is 0. The highest BCUT2D eigenvalue weighted by Crippen LogP contribution is 2.23. The van der Waals surface area contributed by atoms with E-state index in [1.165, 1.54) is 34.9 Å². The number of nitrogens with one attached hydrogen (secondary N) is 2. The first kappa shape index (κ1) is 25.9. The van der Waals surface area contributed by atoms with Crippen LogP contribution in [0.25, 0.3) is 11.0 Å². The van der Waals surface area contributed by atoms with E-state index in [1.54, 1.807) is 32.2 Å². The van der Waals surface area contributed by atoms with Crippen molar-refractivity contribution >= 4 is 38.5 Å². The van der Waals surface area contributed by atoms with E-state index in [0.29, 0.717) is 28.0 Å². The van der Waals surface area contributed by atoms with E-state index >= 15 is 0 Å². The summed E-state index contributed by atoms with van der Waals surface area (Å²) in [4.78, 5) is 31.0. The smallest absolute Gasteiger partial charge is 0.265 e. The van der Waals surface area contributed by atoms with Gasteiger partial charge in [-0.25, -0.2) is 18.1 Å². The van der Waals surface area contributed by atoms with Crippen LogP contribution in [0.3, 0.4) is 0 Å². The predicted molar refractivity (Wildman–Crippen MR) is 147 cm³/mol. The minimum absolute atomic E-state index is 0.0359. The Morgan fingerprint density at radius 2 is 1.72 bits per heavy atom. The van der Waals surface area contributed by atoms with Gasteiger partial charge >= 0.3 is 0 Å². The number of aromatic nitrogens is 3. The van der Waals surface area contributed by atoms with Crippen molar-refractivity contribution in [1.82, 2.24) is 14.7 Å². The van der Waals surface area contributed by atoms with Gasteiger partial charge in [0.1, 0.15) is 11.2 Å². The van der Waals surface area contributed by atoms with Crippen LogP contribution in [0.5, 0.6) is 0 Å². The van der Waals surface area contributed by atoms with E-state index in [2.05, 4.69) is 20.2 Å². The predicted octanol–water partition coefficient (Wildman–Crippen LogP) is 4.41. The molecule has 0 atom stereocenters. The number of hydrogen-bond donors (Lipinski definition) is 2. The maximum absolute atomic E-state index is 13.4. The maximum atomic E-state index is 13.4. The molecule has 0 fully saturated rings. The molecule has 5 aromatic rings. The maximum Gasteiger partial charge on any atom is 0.265 e. The Labute approximate surface area is 224 Å². The quantitative estimate of drug-likeness (QED) is 0.310. The second-order valence-corrected chi connectivity index (χ2v) is 10.8. The van der Waals surface area contributed by atoms with E-state index in [-0.39, 0.29) is 22.9 Å². The van der Waals surface area contributed by atoms with Crippen LogP contribution < -0.4 is 15.6 Å². The zero-order valence-electron chi connectivity index (χ0n) is 21.4. The number of rotatable bonds is 7. The van der Waals surface area contributed by atoms with Gasteiger partial charge in [0.05, 0.1) is 17.1 Å². The number of pyridine rings is 2. The molecule has 0 radical (unpaired) electrons. The van der Waals surface area contributed by atoms with Gasteiger partial charge in [0, 0.05) is 22.8 Å². The summed E-state index contributed by atoms with van der Waals surface area (Å²) in [6, 6.07) is 18.4. The lowest BCUT2D eigenvalue weighted by Gasteiger charge is -2.13. The fourth-order valence-electron chi connectivity index (χ4n) is 4.00. The molecule has 5 rings (SSSR count). The van der Waals surface area contributed by atoms with Crippen LogP contribution >= 0.6 is 0 Å². The third-order valence-corrected chi connectivity index (χ3v) is 7.71. The first-order chi connectivity index (χ1) is 18.6. The summed E-state index contributed by atoms with van der Waals surface area (Å²) < 4.78 is 34.4. The molecule has 39 heavy (non-hydrogen) atoms. The first-order valence-corrected chi connectivity index (χ1v) is 13.5. The minimum Gasteiger partial charge on any atom is -0.337 e. The third kappa shape index (κ3) is 5.30. The lowest BCUT2D eigenvalue weighted by Crippen LogP contribution is -2.30. The standard InChI is InChI=1S/C28H25N5O5S/c1-17-6-8-20(9-7-17)16-33-25-21(5-4-14-29-25)15-24(28(33)35)26(34)30-22-10-12-23(13-11-22)39(36,37)32-27-18(2)19(3)31-38-27/h4-15,32H,16H2,1-3H3,(H,30,34). The van der Waals surface area contributed by atoms with Crippen molar-refractivity contribution in [2.24, 2.45) is 0 Å². The molecule has 11 heteroatoms. The van der Waals surface area contributed by atoms with Crippen LogP contribution in [0.1, 0.15) is 32.7 Å². The van der Waals surface area contributed by atoms with Gasteiger partial charge in [0.15, 0.2) is 0 Å². The third-order valence-electron chi connectivity index (χ3n) is 6.36. The van der Waals surface area contributed by atoms with Crippen LogP contribution in [0.4, 0.5) is 11.6 Å². The molecule has 0 spiro atoms. The summed E-state index contributed by atoms with van der Waals surface area (Å²) in [6.07, 6.45) is 1.60. The molecule has 198 valence electrons. The molecule has 2 aromatic carbocycles. The van der Waals surface area contributed by atoms with Crippen LogP contribution in [0.2, 0.25) is 0 Å². The zero-order valence-corrected chi connectivity index (χ0v) is 22.2. The van der Waals surface area contributed by atoms with Crippen molar-refractivity contribution in [3.63, 3.8) is 0 Å². The molecule has 3 heterocycles. The van der Waals surface area contributed by atoms with Crippen LogP contribution in [0.15, 0.2) is 87.1 Å². The van der Waals surface area contributed by atoms with E-state index in [4.69, 9.17) is 4.52 Å². The molecule has 0 saturated heterocycles. The fraction of sp³-hybridized carbons (Fsp3) is 0.143. The monoisotopic (exact) mass is 543 g/mol. The van der Waals surface area contributed by atoms with Gasteiger partial charge in [0.2, 0.25) is 5.88 Å². The Morgan fingerprint density at radius 3 is 2.38 bits per heavy atom. The first-order valence-electron chi connectivity index (χ1n) is 12.0. The number of nitrogens with zero attached hydrogens (tertiary/aromatic N) is 3. The number of amides is 1. The van der Waals surface area contributed by atoms with Gasteiger partial charge in [-0.15, -0.1) is 0 Å². The van der Waals surface area contributed by atoms with E-state index in [9.17, 15) is 18.0 Å². The number of fused-ring (bicyclic) bond motifs is 1. The average molecular weight is 544 g/mol. The summed E-state index contributed by atoms with van der Waals surface area (Å²) in [6.45, 7) is 5.63. The lowest BCUT2D eigenvalue weighted by atomic mass is 10.1. The highest BCUT2D eigenvalue weighted by molar-refractivity contribution is 7.92. The molecule has 2 N–H and O–H groups in total. The zero-order chi connectivity index (χ0) is 27.7. The van der Waals surface area contributed by atoms with Crippen molar-refractivity contribution < 1.29 is 17.7 Å². The van der Waals surface area contributed by atoms with E-state index in [1.807, 2.05) is 31.2 Å². The number of hydrogen-bond acceptors (Lipinski definition) is 7. The highest BCUT2D eigenvalue weighted by atomic mass is 32.2. The molecule has 0 saturated carbocycles.